The number of aromatic nitrogens is 5. The van der Waals surface area contributed by atoms with Crippen molar-refractivity contribution >= 4 is 29.5 Å². The van der Waals surface area contributed by atoms with Gasteiger partial charge in [0.05, 0.1) is 24.0 Å². The third kappa shape index (κ3) is 3.55. The van der Waals surface area contributed by atoms with E-state index in [2.05, 4.69) is 31.8 Å². The molecular weight excluding hydrogens is 423 g/mol. The van der Waals surface area contributed by atoms with Crippen molar-refractivity contribution in [2.75, 3.05) is 6.61 Å². The summed E-state index contributed by atoms with van der Waals surface area (Å²) in [5.74, 6) is 0.0403. The maximum atomic E-state index is 14.2. The quantitative estimate of drug-likeness (QED) is 0.316. The predicted molar refractivity (Wildman–Crippen MR) is 121 cm³/mol. The summed E-state index contributed by atoms with van der Waals surface area (Å²) in [4.78, 5) is 30.1. The predicted octanol–water partition coefficient (Wildman–Crippen LogP) is 4.00. The Morgan fingerprint density at radius 1 is 1.24 bits per heavy atom. The first-order valence-corrected chi connectivity index (χ1v) is 10.6. The van der Waals surface area contributed by atoms with Gasteiger partial charge in [-0.15, -0.1) is 0 Å². The van der Waals surface area contributed by atoms with Gasteiger partial charge >= 0.3 is 5.97 Å². The Morgan fingerprint density at radius 2 is 2.06 bits per heavy atom. The highest BCUT2D eigenvalue weighted by Crippen LogP contribution is 2.51. The minimum Gasteiger partial charge on any atom is -0.465 e. The fourth-order valence-electron chi connectivity index (χ4n) is 4.00. The molecule has 33 heavy (non-hydrogen) atoms. The summed E-state index contributed by atoms with van der Waals surface area (Å²) in [5.41, 5.74) is 1.41. The Labute approximate surface area is 189 Å². The van der Waals surface area contributed by atoms with Crippen LogP contribution in [0.25, 0.3) is 22.6 Å². The number of hydrogen-bond donors (Lipinski definition) is 0. The minimum atomic E-state index is -0.765. The molecule has 0 atom stereocenters. The van der Waals surface area contributed by atoms with E-state index < -0.39 is 5.41 Å². The average Bonchev–Trinajstić information content (AvgIpc) is 3.57. The number of ether oxygens (including phenoxy) is 1. The van der Waals surface area contributed by atoms with Gasteiger partial charge in [0, 0.05) is 23.5 Å². The van der Waals surface area contributed by atoms with Crippen LogP contribution >= 0.6 is 0 Å². The van der Waals surface area contributed by atoms with E-state index in [1.54, 1.807) is 48.3 Å². The van der Waals surface area contributed by atoms with Crippen molar-refractivity contribution in [2.24, 2.45) is 4.99 Å². The Balaban J connectivity index is 1.58. The summed E-state index contributed by atoms with van der Waals surface area (Å²) < 4.78 is 21.1. The lowest BCUT2D eigenvalue weighted by Crippen LogP contribution is -2.24. The number of fused-ring (bicyclic) bond motifs is 1. The van der Waals surface area contributed by atoms with E-state index in [4.69, 9.17) is 4.74 Å². The average molecular weight is 444 g/mol. The third-order valence-electron chi connectivity index (χ3n) is 5.85. The first kappa shape index (κ1) is 20.9. The molecule has 3 aromatic heterocycles. The van der Waals surface area contributed by atoms with Crippen LogP contribution in [0.15, 0.2) is 53.8 Å². The molecule has 1 saturated carbocycles. The van der Waals surface area contributed by atoms with Crippen LogP contribution in [-0.4, -0.2) is 44.0 Å². The monoisotopic (exact) mass is 444 g/mol. The van der Waals surface area contributed by atoms with Gasteiger partial charge in [0.1, 0.15) is 11.5 Å². The molecular formula is C24H21FN6O2. The van der Waals surface area contributed by atoms with Gasteiger partial charge < -0.3 is 4.74 Å². The SMILES string of the molecule is C=Nc1nc(-c2nn(Cc3ccccc3F)c3ncccc23)ncc1C1(C(=O)OCC)CC1. The number of esters is 1. The summed E-state index contributed by atoms with van der Waals surface area (Å²) in [6.07, 6.45) is 4.57. The molecule has 1 fully saturated rings. The fraction of sp³-hybridized carbons (Fsp3) is 0.250. The van der Waals surface area contributed by atoms with Crippen LogP contribution in [0.5, 0.6) is 0 Å². The van der Waals surface area contributed by atoms with E-state index in [1.165, 1.54) is 6.07 Å². The lowest BCUT2D eigenvalue weighted by Gasteiger charge is -2.15. The zero-order valence-electron chi connectivity index (χ0n) is 18.0. The van der Waals surface area contributed by atoms with E-state index in [0.29, 0.717) is 53.6 Å². The molecule has 0 N–H and O–H groups in total. The molecule has 5 rings (SSSR count). The van der Waals surface area contributed by atoms with Crippen molar-refractivity contribution in [3.05, 3.63) is 65.7 Å². The van der Waals surface area contributed by atoms with E-state index in [9.17, 15) is 9.18 Å². The number of rotatable bonds is 7. The number of carbonyl (C=O) groups is 1. The molecule has 0 aliphatic heterocycles. The highest BCUT2D eigenvalue weighted by Gasteiger charge is 2.54. The van der Waals surface area contributed by atoms with E-state index >= 15 is 0 Å². The number of halogens is 1. The Morgan fingerprint density at radius 3 is 2.79 bits per heavy atom. The maximum Gasteiger partial charge on any atom is 0.316 e. The van der Waals surface area contributed by atoms with Crippen molar-refractivity contribution in [1.29, 1.82) is 0 Å². The Hall–Kier alpha value is -4.01. The number of pyridine rings is 1. The molecule has 9 heteroatoms. The molecule has 1 aliphatic rings. The van der Waals surface area contributed by atoms with Gasteiger partial charge in [-0.3, -0.25) is 4.79 Å². The number of benzene rings is 1. The summed E-state index contributed by atoms with van der Waals surface area (Å²) in [6.45, 7) is 5.91. The van der Waals surface area contributed by atoms with E-state index in [1.807, 2.05) is 6.07 Å². The van der Waals surface area contributed by atoms with Crippen LogP contribution in [0.2, 0.25) is 0 Å². The number of aliphatic imine (C=N–C) groups is 1. The smallest absolute Gasteiger partial charge is 0.316 e. The molecule has 0 amide bonds. The molecule has 1 aromatic carbocycles. The minimum absolute atomic E-state index is 0.205. The molecule has 166 valence electrons. The second kappa shape index (κ2) is 8.16. The molecule has 3 heterocycles. The molecule has 0 radical (unpaired) electrons. The van der Waals surface area contributed by atoms with Crippen LogP contribution in [0, 0.1) is 5.82 Å². The lowest BCUT2D eigenvalue weighted by molar-refractivity contribution is -0.146. The maximum absolute atomic E-state index is 14.2. The van der Waals surface area contributed by atoms with Gasteiger partial charge in [-0.1, -0.05) is 18.2 Å². The standard InChI is InChI=1S/C24H21FN6O2/c1-3-33-23(32)24(10-11-24)17-13-28-21(29-20(17)26-2)19-16-8-6-12-27-22(16)31(30-19)14-15-7-4-5-9-18(15)25/h4-9,12-13H,2-3,10-11,14H2,1H3. The van der Waals surface area contributed by atoms with Crippen molar-refractivity contribution < 1.29 is 13.9 Å². The van der Waals surface area contributed by atoms with E-state index in [-0.39, 0.29) is 18.3 Å². The second-order valence-corrected chi connectivity index (χ2v) is 7.86. The van der Waals surface area contributed by atoms with E-state index in [0.717, 1.165) is 5.39 Å². The fourth-order valence-corrected chi connectivity index (χ4v) is 4.00. The number of hydrogen-bond acceptors (Lipinski definition) is 7. The topological polar surface area (TPSA) is 95.1 Å². The van der Waals surface area contributed by atoms with Gasteiger partial charge in [-0.25, -0.2) is 29.0 Å². The molecule has 8 nitrogen and oxygen atoms in total. The highest BCUT2D eigenvalue weighted by atomic mass is 19.1. The van der Waals surface area contributed by atoms with Crippen molar-refractivity contribution in [2.45, 2.75) is 31.7 Å². The Kier molecular flexibility index (Phi) is 5.16. The lowest BCUT2D eigenvalue weighted by atomic mass is 9.98. The van der Waals surface area contributed by atoms with Gasteiger partial charge in [-0.05, 0) is 44.7 Å². The van der Waals surface area contributed by atoms with Crippen LogP contribution in [0.3, 0.4) is 0 Å². The summed E-state index contributed by atoms with van der Waals surface area (Å²) in [6, 6.07) is 10.2. The molecule has 1 aliphatic carbocycles. The van der Waals surface area contributed by atoms with Crippen molar-refractivity contribution in [3.8, 4) is 11.5 Å². The van der Waals surface area contributed by atoms with Gasteiger partial charge in [0.2, 0.25) is 0 Å². The van der Waals surface area contributed by atoms with Gasteiger partial charge in [0.15, 0.2) is 17.3 Å². The van der Waals surface area contributed by atoms with Crippen LogP contribution < -0.4 is 0 Å². The summed E-state index contributed by atoms with van der Waals surface area (Å²) in [5, 5.41) is 5.38. The third-order valence-corrected chi connectivity index (χ3v) is 5.85. The van der Waals surface area contributed by atoms with Crippen LogP contribution in [0.4, 0.5) is 10.2 Å². The van der Waals surface area contributed by atoms with Crippen molar-refractivity contribution in [1.82, 2.24) is 24.7 Å². The first-order chi connectivity index (χ1) is 16.1. The summed E-state index contributed by atoms with van der Waals surface area (Å²) in [7, 11) is 0. The van der Waals surface area contributed by atoms with Crippen LogP contribution in [-0.2, 0) is 21.5 Å². The number of carbonyl (C=O) groups excluding carboxylic acids is 1. The molecule has 4 aromatic rings. The second-order valence-electron chi connectivity index (χ2n) is 7.86. The van der Waals surface area contributed by atoms with Crippen LogP contribution in [0.1, 0.15) is 30.9 Å². The first-order valence-electron chi connectivity index (χ1n) is 10.6. The molecule has 0 unspecified atom stereocenters. The molecule has 0 spiro atoms. The Bertz CT molecular complexity index is 1380. The normalized spacial score (nSPS) is 14.2. The van der Waals surface area contributed by atoms with Gasteiger partial charge in [0.25, 0.3) is 0 Å². The zero-order chi connectivity index (χ0) is 23.0. The number of nitrogens with zero attached hydrogens (tertiary/aromatic N) is 6. The molecule has 0 saturated heterocycles. The van der Waals surface area contributed by atoms with Crippen molar-refractivity contribution in [3.63, 3.8) is 0 Å². The molecule has 0 bridgehead atoms. The largest absolute Gasteiger partial charge is 0.465 e. The van der Waals surface area contributed by atoms with Gasteiger partial charge in [-0.2, -0.15) is 5.10 Å². The summed E-state index contributed by atoms with van der Waals surface area (Å²) >= 11 is 0. The highest BCUT2D eigenvalue weighted by molar-refractivity contribution is 5.90. The zero-order valence-corrected chi connectivity index (χ0v) is 18.0.